The van der Waals surface area contributed by atoms with E-state index in [4.69, 9.17) is 4.52 Å². The summed E-state index contributed by atoms with van der Waals surface area (Å²) in [6.45, 7) is 5.11. The molecule has 1 aromatic rings. The van der Waals surface area contributed by atoms with Gasteiger partial charge in [0.05, 0.1) is 0 Å². The smallest absolute Gasteiger partial charge is 0.405 e. The molecule has 0 aliphatic heterocycles. The van der Waals surface area contributed by atoms with Crippen molar-refractivity contribution >= 4 is 14.2 Å². The lowest BCUT2D eigenvalue weighted by molar-refractivity contribution is -0.207. The van der Waals surface area contributed by atoms with Crippen LogP contribution in [0.5, 0.6) is 5.75 Å². The van der Waals surface area contributed by atoms with Crippen molar-refractivity contribution in [1.82, 2.24) is 0 Å². The number of hydrogen-bond acceptors (Lipinski definition) is 5. The first-order chi connectivity index (χ1) is 8.17. The number of para-hydroxylation sites is 1. The largest absolute Gasteiger partial charge is 0.424 e. The summed E-state index contributed by atoms with van der Waals surface area (Å²) in [5.41, 5.74) is 0.893. The fourth-order valence-electron chi connectivity index (χ4n) is 1.11. The zero-order chi connectivity index (χ0) is 12.7. The van der Waals surface area contributed by atoms with Crippen LogP contribution in [0.15, 0.2) is 36.9 Å². The molecule has 1 aromatic carbocycles. The van der Waals surface area contributed by atoms with Crippen LogP contribution in [0.2, 0.25) is 0 Å². The number of aryl methyl sites for hydroxylation is 1. The molecule has 0 aromatic heterocycles. The predicted molar refractivity (Wildman–Crippen MR) is 62.8 cm³/mol. The van der Waals surface area contributed by atoms with Gasteiger partial charge in [-0.1, -0.05) is 36.4 Å². The maximum Gasteiger partial charge on any atom is 0.405 e. The van der Waals surface area contributed by atoms with Crippen LogP contribution in [0.3, 0.4) is 0 Å². The molecule has 0 spiro atoms. The minimum atomic E-state index is -2.92. The first-order valence-electron chi connectivity index (χ1n) is 4.98. The summed E-state index contributed by atoms with van der Waals surface area (Å²) in [4.78, 5) is 14.8. The molecule has 0 radical (unpaired) electrons. The Kier molecular flexibility index (Phi) is 5.46. The van der Waals surface area contributed by atoms with Gasteiger partial charge in [0.15, 0.2) is 0 Å². The fourth-order valence-corrected chi connectivity index (χ4v) is 1.67. The van der Waals surface area contributed by atoms with Crippen molar-refractivity contribution in [2.24, 2.45) is 0 Å². The molecule has 0 saturated carbocycles. The van der Waals surface area contributed by atoms with Gasteiger partial charge in [-0.2, -0.15) is 0 Å². The molecule has 6 heteroatoms. The summed E-state index contributed by atoms with van der Waals surface area (Å²) in [6, 6.07) is 7.11. The average molecular weight is 256 g/mol. The molecule has 0 fully saturated rings. The highest BCUT2D eigenvalue weighted by atomic mass is 31.1. The SMILES string of the molecule is C=CC(=O)OO[PH](=O)Oc1ccccc1CC. The Morgan fingerprint density at radius 2 is 2.18 bits per heavy atom. The Hall–Kier alpha value is -1.58. The molecule has 0 bridgehead atoms. The Morgan fingerprint density at radius 1 is 1.47 bits per heavy atom. The summed E-state index contributed by atoms with van der Waals surface area (Å²) in [5.74, 6) is -0.371. The molecule has 0 aliphatic rings. The van der Waals surface area contributed by atoms with E-state index >= 15 is 0 Å². The van der Waals surface area contributed by atoms with Crippen LogP contribution in [0, 0.1) is 0 Å². The Balaban J connectivity index is 2.56. The van der Waals surface area contributed by atoms with E-state index in [9.17, 15) is 9.36 Å². The molecule has 1 rings (SSSR count). The Bertz CT molecular complexity index is 430. The number of rotatable bonds is 6. The van der Waals surface area contributed by atoms with Gasteiger partial charge in [-0.3, -0.25) is 4.89 Å². The third-order valence-corrected chi connectivity index (χ3v) is 2.51. The van der Waals surface area contributed by atoms with Crippen molar-refractivity contribution in [2.45, 2.75) is 13.3 Å². The van der Waals surface area contributed by atoms with Crippen LogP contribution in [0.4, 0.5) is 0 Å². The van der Waals surface area contributed by atoms with Gasteiger partial charge in [-0.15, -0.1) is 0 Å². The molecular weight excluding hydrogens is 243 g/mol. The van der Waals surface area contributed by atoms with Gasteiger partial charge in [0.2, 0.25) is 0 Å². The lowest BCUT2D eigenvalue weighted by atomic mass is 10.1. The molecule has 92 valence electrons. The molecule has 0 saturated heterocycles. The highest BCUT2D eigenvalue weighted by Gasteiger charge is 2.08. The predicted octanol–water partition coefficient (Wildman–Crippen LogP) is 2.68. The molecule has 5 nitrogen and oxygen atoms in total. The first kappa shape index (κ1) is 13.5. The van der Waals surface area contributed by atoms with Crippen molar-refractivity contribution in [3.63, 3.8) is 0 Å². The summed E-state index contributed by atoms with van der Waals surface area (Å²) in [5, 5.41) is 0. The van der Waals surface area contributed by atoms with Crippen LogP contribution in [0.1, 0.15) is 12.5 Å². The van der Waals surface area contributed by atoms with Crippen molar-refractivity contribution in [3.05, 3.63) is 42.5 Å². The van der Waals surface area contributed by atoms with Crippen LogP contribution in [-0.4, -0.2) is 5.97 Å². The quantitative estimate of drug-likeness (QED) is 0.339. The fraction of sp³-hybridized carbons (Fsp3) is 0.182. The van der Waals surface area contributed by atoms with Crippen molar-refractivity contribution in [1.29, 1.82) is 0 Å². The maximum atomic E-state index is 11.3. The number of carbonyl (C=O) groups excluding carboxylic acids is 1. The summed E-state index contributed by atoms with van der Waals surface area (Å²) >= 11 is 0. The maximum absolute atomic E-state index is 11.3. The van der Waals surface area contributed by atoms with Crippen LogP contribution in [-0.2, 0) is 25.3 Å². The first-order valence-corrected chi connectivity index (χ1v) is 6.20. The van der Waals surface area contributed by atoms with E-state index in [1.54, 1.807) is 12.1 Å². The van der Waals surface area contributed by atoms with Crippen molar-refractivity contribution in [3.8, 4) is 5.75 Å². The van der Waals surface area contributed by atoms with E-state index in [1.807, 2.05) is 19.1 Å². The van der Waals surface area contributed by atoms with Gasteiger partial charge in [-0.25, -0.2) is 9.36 Å². The summed E-state index contributed by atoms with van der Waals surface area (Å²) in [6.07, 6.45) is 1.63. The van der Waals surface area contributed by atoms with Crippen molar-refractivity contribution < 1.29 is 23.4 Å². The number of benzene rings is 1. The molecule has 0 heterocycles. The topological polar surface area (TPSA) is 61.8 Å². The van der Waals surface area contributed by atoms with Gasteiger partial charge in [-0.05, 0) is 18.1 Å². The molecule has 17 heavy (non-hydrogen) atoms. The second kappa shape index (κ2) is 6.89. The van der Waals surface area contributed by atoms with E-state index < -0.39 is 14.2 Å². The molecule has 1 atom stereocenters. The number of carbonyl (C=O) groups is 1. The normalized spacial score (nSPS) is 11.6. The molecule has 0 amide bonds. The Labute approximate surface area is 99.9 Å². The van der Waals surface area contributed by atoms with E-state index in [0.29, 0.717) is 5.75 Å². The van der Waals surface area contributed by atoms with E-state index in [0.717, 1.165) is 18.1 Å². The Morgan fingerprint density at radius 3 is 2.82 bits per heavy atom. The van der Waals surface area contributed by atoms with Crippen LogP contribution in [0.25, 0.3) is 0 Å². The molecule has 0 aliphatic carbocycles. The number of hydrogen-bond donors (Lipinski definition) is 0. The average Bonchev–Trinajstić information content (AvgIpc) is 2.36. The molecule has 0 N–H and O–H groups in total. The van der Waals surface area contributed by atoms with E-state index in [2.05, 4.69) is 16.1 Å². The van der Waals surface area contributed by atoms with Crippen LogP contribution < -0.4 is 4.52 Å². The monoisotopic (exact) mass is 256 g/mol. The third kappa shape index (κ3) is 4.43. The molecule has 1 unspecified atom stereocenters. The van der Waals surface area contributed by atoms with Gasteiger partial charge >= 0.3 is 14.2 Å². The lowest BCUT2D eigenvalue weighted by Crippen LogP contribution is -1.98. The highest BCUT2D eigenvalue weighted by Crippen LogP contribution is 2.31. The second-order valence-electron chi connectivity index (χ2n) is 3.00. The lowest BCUT2D eigenvalue weighted by Gasteiger charge is -2.08. The highest BCUT2D eigenvalue weighted by molar-refractivity contribution is 7.33. The summed E-state index contributed by atoms with van der Waals surface area (Å²) < 4.78 is 20.7. The molecular formula is C11H13O5P. The zero-order valence-corrected chi connectivity index (χ0v) is 10.3. The summed E-state index contributed by atoms with van der Waals surface area (Å²) in [7, 11) is -2.92. The van der Waals surface area contributed by atoms with E-state index in [-0.39, 0.29) is 0 Å². The standard InChI is InChI=1S/C11H13O5P/c1-3-9-7-5-6-8-10(9)15-17(13)16-14-11(12)4-2/h4-8,17H,2-3H2,1H3. The van der Waals surface area contributed by atoms with Gasteiger partial charge in [0, 0.05) is 6.08 Å². The minimum absolute atomic E-state index is 0.452. The third-order valence-electron chi connectivity index (χ3n) is 1.91. The second-order valence-corrected chi connectivity index (χ2v) is 3.87. The van der Waals surface area contributed by atoms with Gasteiger partial charge in [0.1, 0.15) is 5.75 Å². The van der Waals surface area contributed by atoms with Gasteiger partial charge in [0.25, 0.3) is 0 Å². The van der Waals surface area contributed by atoms with Crippen molar-refractivity contribution in [2.75, 3.05) is 0 Å². The van der Waals surface area contributed by atoms with Crippen LogP contribution >= 0.6 is 8.25 Å². The van der Waals surface area contributed by atoms with E-state index in [1.165, 1.54) is 0 Å². The van der Waals surface area contributed by atoms with Gasteiger partial charge < -0.3 is 4.52 Å². The zero-order valence-electron chi connectivity index (χ0n) is 9.34. The minimum Gasteiger partial charge on any atom is -0.424 e.